The van der Waals surface area contributed by atoms with Gasteiger partial charge in [-0.15, -0.1) is 11.3 Å². The van der Waals surface area contributed by atoms with E-state index >= 15 is 0 Å². The van der Waals surface area contributed by atoms with Crippen LogP contribution in [0, 0.1) is 6.92 Å². The summed E-state index contributed by atoms with van der Waals surface area (Å²) in [6, 6.07) is 28.3. The van der Waals surface area contributed by atoms with Gasteiger partial charge in [-0.1, -0.05) is 84.4 Å². The Kier molecular flexibility index (Phi) is 9.70. The van der Waals surface area contributed by atoms with Crippen molar-refractivity contribution in [2.75, 3.05) is 38.2 Å². The molecule has 0 radical (unpaired) electrons. The number of ether oxygens (including phenoxy) is 2. The number of morpholine rings is 1. The van der Waals surface area contributed by atoms with Crippen LogP contribution < -0.4 is 5.32 Å². The Bertz CT molecular complexity index is 2180. The molecule has 0 atom stereocenters. The lowest BCUT2D eigenvalue weighted by Gasteiger charge is -2.27. The van der Waals surface area contributed by atoms with Crippen LogP contribution in [0.2, 0.25) is 5.02 Å². The molecule has 252 valence electrons. The summed E-state index contributed by atoms with van der Waals surface area (Å²) in [7, 11) is 0. The predicted molar refractivity (Wildman–Crippen MR) is 194 cm³/mol. The number of rotatable bonds is 9. The van der Waals surface area contributed by atoms with E-state index < -0.39 is 18.5 Å². The second-order valence-electron chi connectivity index (χ2n) is 11.7. The van der Waals surface area contributed by atoms with Crippen molar-refractivity contribution < 1.29 is 23.9 Å². The molecular formula is C38H32ClN5O5S. The molecule has 1 saturated heterocycles. The third kappa shape index (κ3) is 7.02. The first-order valence-electron chi connectivity index (χ1n) is 16.0. The van der Waals surface area contributed by atoms with E-state index in [9.17, 15) is 14.4 Å². The molecule has 0 saturated carbocycles. The Labute approximate surface area is 297 Å². The maximum Gasteiger partial charge on any atom is 0.339 e. The number of hydrogen-bond donors (Lipinski definition) is 1. The molecule has 3 aromatic carbocycles. The molecule has 4 heterocycles. The van der Waals surface area contributed by atoms with Gasteiger partial charge in [0, 0.05) is 28.6 Å². The Hall–Kier alpha value is -5.36. The van der Waals surface area contributed by atoms with Gasteiger partial charge < -0.3 is 19.7 Å². The Morgan fingerprint density at radius 1 is 0.940 bits per heavy atom. The largest absolute Gasteiger partial charge is 0.452 e. The van der Waals surface area contributed by atoms with E-state index in [1.807, 2.05) is 79.7 Å². The maximum absolute atomic E-state index is 13.7. The van der Waals surface area contributed by atoms with E-state index in [0.717, 1.165) is 27.1 Å². The monoisotopic (exact) mass is 705 g/mol. The summed E-state index contributed by atoms with van der Waals surface area (Å²) < 4.78 is 12.8. The zero-order chi connectivity index (χ0) is 34.6. The summed E-state index contributed by atoms with van der Waals surface area (Å²) in [4.78, 5) is 48.3. The summed E-state index contributed by atoms with van der Waals surface area (Å²) in [5, 5.41) is 8.92. The van der Waals surface area contributed by atoms with Gasteiger partial charge in [0.2, 0.25) is 0 Å². The van der Waals surface area contributed by atoms with Crippen LogP contribution in [0.3, 0.4) is 0 Å². The molecule has 1 aliphatic rings. The van der Waals surface area contributed by atoms with E-state index in [4.69, 9.17) is 26.1 Å². The number of esters is 1. The summed E-state index contributed by atoms with van der Waals surface area (Å²) >= 11 is 7.40. The molecule has 3 aromatic heterocycles. The molecule has 0 bridgehead atoms. The average molecular weight is 706 g/mol. The van der Waals surface area contributed by atoms with Gasteiger partial charge in [0.25, 0.3) is 11.8 Å². The normalized spacial score (nSPS) is 13.0. The van der Waals surface area contributed by atoms with Crippen LogP contribution in [-0.2, 0) is 20.8 Å². The number of nitrogens with one attached hydrogen (secondary N) is 1. The van der Waals surface area contributed by atoms with Gasteiger partial charge >= 0.3 is 5.97 Å². The lowest BCUT2D eigenvalue weighted by molar-refractivity contribution is -0.119. The van der Waals surface area contributed by atoms with Gasteiger partial charge in [-0.25, -0.2) is 14.5 Å². The number of benzene rings is 3. The van der Waals surface area contributed by atoms with Crippen LogP contribution in [0.5, 0.6) is 0 Å². The Morgan fingerprint density at radius 3 is 2.32 bits per heavy atom. The van der Waals surface area contributed by atoms with Gasteiger partial charge in [0.15, 0.2) is 12.3 Å². The first-order chi connectivity index (χ1) is 24.4. The molecule has 50 heavy (non-hydrogen) atoms. The highest BCUT2D eigenvalue weighted by Gasteiger charge is 2.28. The van der Waals surface area contributed by atoms with Gasteiger partial charge in [-0.2, -0.15) is 5.10 Å². The van der Waals surface area contributed by atoms with E-state index in [1.54, 1.807) is 34.0 Å². The van der Waals surface area contributed by atoms with E-state index in [2.05, 4.69) is 10.4 Å². The minimum atomic E-state index is -0.701. The maximum atomic E-state index is 13.7. The molecule has 1 aliphatic heterocycles. The van der Waals surface area contributed by atoms with Crippen molar-refractivity contribution in [1.29, 1.82) is 0 Å². The molecule has 1 fully saturated rings. The van der Waals surface area contributed by atoms with Gasteiger partial charge in [0.1, 0.15) is 5.00 Å². The quantitative estimate of drug-likeness (QED) is 0.160. The molecule has 0 spiro atoms. The fourth-order valence-electron chi connectivity index (χ4n) is 5.87. The van der Waals surface area contributed by atoms with Crippen LogP contribution in [-0.4, -0.2) is 70.4 Å². The number of fused-ring (bicyclic) bond motifs is 1. The van der Waals surface area contributed by atoms with Crippen LogP contribution in [0.25, 0.3) is 32.7 Å². The number of carbonyl (C=O) groups excluding carboxylic acids is 3. The summed E-state index contributed by atoms with van der Waals surface area (Å²) in [5.41, 5.74) is 5.17. The van der Waals surface area contributed by atoms with Crippen molar-refractivity contribution in [3.05, 3.63) is 124 Å². The predicted octanol–water partition coefficient (Wildman–Crippen LogP) is 7.10. The first-order valence-corrected chi connectivity index (χ1v) is 17.2. The number of nitrogens with zero attached hydrogens (tertiary/aromatic N) is 4. The number of hydrogen-bond acceptors (Lipinski definition) is 8. The van der Waals surface area contributed by atoms with Crippen molar-refractivity contribution >= 4 is 56.8 Å². The van der Waals surface area contributed by atoms with Crippen LogP contribution in [0.4, 0.5) is 5.00 Å². The van der Waals surface area contributed by atoms with Crippen molar-refractivity contribution in [2.24, 2.45) is 0 Å². The van der Waals surface area contributed by atoms with Gasteiger partial charge in [0.05, 0.1) is 48.2 Å². The lowest BCUT2D eigenvalue weighted by atomic mass is 10.1. The second-order valence-corrected chi connectivity index (χ2v) is 13.2. The fraction of sp³-hybridized carbons (Fsp3) is 0.184. The molecule has 6 aromatic rings. The molecule has 12 heteroatoms. The number of carbonyl (C=O) groups is 3. The van der Waals surface area contributed by atoms with E-state index in [0.29, 0.717) is 65.2 Å². The molecule has 0 unspecified atom stereocenters. The Balaban J connectivity index is 1.15. The summed E-state index contributed by atoms with van der Waals surface area (Å²) in [6.45, 7) is 3.54. The number of aromatic nitrogens is 3. The van der Waals surface area contributed by atoms with Crippen molar-refractivity contribution in [1.82, 2.24) is 19.7 Å². The topological polar surface area (TPSA) is 116 Å². The smallest absolute Gasteiger partial charge is 0.339 e. The number of amides is 2. The highest BCUT2D eigenvalue weighted by atomic mass is 35.5. The van der Waals surface area contributed by atoms with Crippen LogP contribution in [0.15, 0.2) is 97.2 Å². The second kappa shape index (κ2) is 14.6. The summed E-state index contributed by atoms with van der Waals surface area (Å²) in [6.07, 6.45) is 1.58. The minimum Gasteiger partial charge on any atom is -0.452 e. The zero-order valence-corrected chi connectivity index (χ0v) is 28.7. The molecule has 2 amide bonds. The minimum absolute atomic E-state index is 0.181. The number of pyridine rings is 1. The number of anilines is 1. The van der Waals surface area contributed by atoms with E-state index in [1.165, 1.54) is 11.3 Å². The zero-order valence-electron chi connectivity index (χ0n) is 27.1. The van der Waals surface area contributed by atoms with Crippen molar-refractivity contribution in [3.8, 4) is 21.7 Å². The fourth-order valence-corrected chi connectivity index (χ4v) is 7.22. The van der Waals surface area contributed by atoms with Crippen LogP contribution in [0.1, 0.15) is 31.8 Å². The molecule has 10 nitrogen and oxygen atoms in total. The average Bonchev–Trinajstić information content (AvgIpc) is 3.71. The molecular weight excluding hydrogens is 674 g/mol. The van der Waals surface area contributed by atoms with Crippen molar-refractivity contribution in [2.45, 2.75) is 13.5 Å². The highest BCUT2D eigenvalue weighted by molar-refractivity contribution is 7.20. The summed E-state index contributed by atoms with van der Waals surface area (Å²) in [5.74, 6) is -1.45. The number of thiophene rings is 1. The molecule has 1 N–H and O–H groups in total. The van der Waals surface area contributed by atoms with Gasteiger partial charge in [-0.3, -0.25) is 9.59 Å². The third-order valence-corrected chi connectivity index (χ3v) is 9.93. The standard InChI is InChI=1S/C38H32ClN5O5S/c1-24-33(37(46)43-16-18-48-19-17-43)36(50-34(24)27-10-6-3-7-11-27)42-32(45)23-49-38(47)29-20-31(26-8-4-2-5-9-26)41-35-30(29)21-40-44(35)22-25-12-14-28(39)15-13-25/h2-15,20-21H,16-19,22-23H2,1H3,(H,42,45). The van der Waals surface area contributed by atoms with Crippen molar-refractivity contribution in [3.63, 3.8) is 0 Å². The first kappa shape index (κ1) is 33.2. The van der Waals surface area contributed by atoms with Crippen LogP contribution >= 0.6 is 22.9 Å². The molecule has 7 rings (SSSR count). The Morgan fingerprint density at radius 2 is 1.62 bits per heavy atom. The van der Waals surface area contributed by atoms with E-state index in [-0.39, 0.29) is 11.5 Å². The SMILES string of the molecule is Cc1c(-c2ccccc2)sc(NC(=O)COC(=O)c2cc(-c3ccccc3)nc3c2cnn3Cc2ccc(Cl)cc2)c1C(=O)N1CCOCC1. The lowest BCUT2D eigenvalue weighted by Crippen LogP contribution is -2.41. The number of halogens is 1. The van der Waals surface area contributed by atoms with Gasteiger partial charge in [-0.05, 0) is 41.8 Å². The molecule has 0 aliphatic carbocycles. The third-order valence-electron chi connectivity index (χ3n) is 8.43. The highest BCUT2D eigenvalue weighted by Crippen LogP contribution is 2.40.